The largest absolute Gasteiger partial charge is 0.449 e. The summed E-state index contributed by atoms with van der Waals surface area (Å²) >= 11 is 0. The Labute approximate surface area is 141 Å². The zero-order valence-corrected chi connectivity index (χ0v) is 13.6. The average Bonchev–Trinajstić information content (AvgIpc) is 2.61. The number of ketones is 1. The van der Waals surface area contributed by atoms with Gasteiger partial charge in [-0.3, -0.25) is 9.69 Å². The summed E-state index contributed by atoms with van der Waals surface area (Å²) < 4.78 is 5.29. The van der Waals surface area contributed by atoms with Crippen LogP contribution in [0.4, 0.5) is 10.5 Å². The molecule has 0 spiro atoms. The van der Waals surface area contributed by atoms with Crippen LogP contribution in [0.3, 0.4) is 0 Å². The number of carbonyl (C=O) groups is 2. The van der Waals surface area contributed by atoms with Gasteiger partial charge in [0.1, 0.15) is 0 Å². The number of Topliss-reactive ketones (excluding diaryl/α,β-unsaturated/α-hetero) is 1. The van der Waals surface area contributed by atoms with Crippen LogP contribution in [0.2, 0.25) is 0 Å². The summed E-state index contributed by atoms with van der Waals surface area (Å²) in [6.07, 6.45) is 0.982. The smallest absolute Gasteiger partial charge is 0.414 e. The van der Waals surface area contributed by atoms with Crippen LogP contribution in [0.15, 0.2) is 48.5 Å². The number of para-hydroxylation sites is 1. The summed E-state index contributed by atoms with van der Waals surface area (Å²) in [6.45, 7) is 2.12. The molecule has 1 aliphatic heterocycles. The molecule has 4 nitrogen and oxygen atoms in total. The number of anilines is 1. The minimum atomic E-state index is -0.369. The molecule has 24 heavy (non-hydrogen) atoms. The van der Waals surface area contributed by atoms with Crippen LogP contribution >= 0.6 is 0 Å². The Morgan fingerprint density at radius 3 is 2.50 bits per heavy atom. The minimum Gasteiger partial charge on any atom is -0.449 e. The number of hydrogen-bond acceptors (Lipinski definition) is 3. The van der Waals surface area contributed by atoms with E-state index < -0.39 is 0 Å². The summed E-state index contributed by atoms with van der Waals surface area (Å²) in [7, 11) is 0. The van der Waals surface area contributed by atoms with Crippen molar-refractivity contribution in [3.05, 3.63) is 65.2 Å². The normalized spacial score (nSPS) is 21.5. The van der Waals surface area contributed by atoms with Gasteiger partial charge < -0.3 is 4.74 Å². The Hall–Kier alpha value is -2.62. The highest BCUT2D eigenvalue weighted by Gasteiger charge is 2.45. The van der Waals surface area contributed by atoms with Crippen molar-refractivity contribution in [2.24, 2.45) is 5.92 Å². The molecule has 0 bridgehead atoms. The summed E-state index contributed by atoms with van der Waals surface area (Å²) in [4.78, 5) is 27.3. The van der Waals surface area contributed by atoms with Gasteiger partial charge in [0, 0.05) is 11.5 Å². The Kier molecular flexibility index (Phi) is 3.60. The third-order valence-electron chi connectivity index (χ3n) is 5.01. The van der Waals surface area contributed by atoms with Crippen LogP contribution in [0.5, 0.6) is 0 Å². The van der Waals surface area contributed by atoms with E-state index in [0.717, 1.165) is 0 Å². The van der Waals surface area contributed by atoms with E-state index in [0.29, 0.717) is 30.7 Å². The molecule has 0 saturated carbocycles. The SMILES string of the molecule is CCOC(=O)N1c2ccccc2C(=O)[C@@H]2Cc3ccccc3C[C@H]21. The maximum atomic E-state index is 13.0. The molecule has 4 heteroatoms. The van der Waals surface area contributed by atoms with Gasteiger partial charge in [0.05, 0.1) is 18.3 Å². The Morgan fingerprint density at radius 1 is 1.08 bits per heavy atom. The zero-order chi connectivity index (χ0) is 16.7. The second-order valence-electron chi connectivity index (χ2n) is 6.30. The van der Waals surface area contributed by atoms with Gasteiger partial charge in [-0.2, -0.15) is 0 Å². The summed E-state index contributed by atoms with van der Waals surface area (Å²) in [5, 5.41) is 0. The third kappa shape index (κ3) is 2.21. The second kappa shape index (κ2) is 5.78. The zero-order valence-electron chi connectivity index (χ0n) is 13.6. The third-order valence-corrected chi connectivity index (χ3v) is 5.01. The standard InChI is InChI=1S/C20H19NO3/c1-2-24-20(23)21-17-10-6-5-9-15(17)19(22)16-11-13-7-3-4-8-14(13)12-18(16)21/h3-10,16,18H,2,11-12H2,1H3/t16-,18-/m1/s1. The molecule has 1 aliphatic carbocycles. The van der Waals surface area contributed by atoms with E-state index in [1.54, 1.807) is 17.9 Å². The topological polar surface area (TPSA) is 46.6 Å². The van der Waals surface area contributed by atoms with Crippen LogP contribution in [0.1, 0.15) is 28.4 Å². The molecule has 0 fully saturated rings. The minimum absolute atomic E-state index is 0.130. The van der Waals surface area contributed by atoms with Crippen molar-refractivity contribution in [1.82, 2.24) is 0 Å². The van der Waals surface area contributed by atoms with Crippen LogP contribution in [-0.4, -0.2) is 24.5 Å². The molecule has 2 aromatic rings. The van der Waals surface area contributed by atoms with E-state index in [1.807, 2.05) is 30.3 Å². The molecule has 2 aromatic carbocycles. The van der Waals surface area contributed by atoms with E-state index in [4.69, 9.17) is 4.74 Å². The fourth-order valence-electron chi connectivity index (χ4n) is 3.93. The molecular weight excluding hydrogens is 302 g/mol. The lowest BCUT2D eigenvalue weighted by Gasteiger charge is -2.43. The van der Waals surface area contributed by atoms with Crippen molar-refractivity contribution in [2.45, 2.75) is 25.8 Å². The lowest BCUT2D eigenvalue weighted by Crippen LogP contribution is -2.54. The molecule has 0 unspecified atom stereocenters. The first kappa shape index (κ1) is 14.9. The number of amides is 1. The predicted molar refractivity (Wildman–Crippen MR) is 91.4 cm³/mol. The van der Waals surface area contributed by atoms with E-state index in [2.05, 4.69) is 12.1 Å². The first-order valence-electron chi connectivity index (χ1n) is 8.36. The van der Waals surface area contributed by atoms with E-state index in [-0.39, 0.29) is 23.8 Å². The molecule has 0 radical (unpaired) electrons. The van der Waals surface area contributed by atoms with Crippen molar-refractivity contribution in [3.8, 4) is 0 Å². The number of carbonyl (C=O) groups excluding carboxylic acids is 2. The fraction of sp³-hybridized carbons (Fsp3) is 0.300. The number of hydrogen-bond donors (Lipinski definition) is 0. The molecular formula is C20H19NO3. The van der Waals surface area contributed by atoms with Gasteiger partial charge in [-0.15, -0.1) is 0 Å². The van der Waals surface area contributed by atoms with E-state index in [9.17, 15) is 9.59 Å². The van der Waals surface area contributed by atoms with E-state index >= 15 is 0 Å². The number of benzene rings is 2. The molecule has 1 heterocycles. The van der Waals surface area contributed by atoms with Crippen molar-refractivity contribution >= 4 is 17.6 Å². The molecule has 0 saturated heterocycles. The number of nitrogens with zero attached hydrogens (tertiary/aromatic N) is 1. The first-order valence-corrected chi connectivity index (χ1v) is 8.36. The predicted octanol–water partition coefficient (Wildman–Crippen LogP) is 3.63. The van der Waals surface area contributed by atoms with Crippen molar-refractivity contribution in [3.63, 3.8) is 0 Å². The van der Waals surface area contributed by atoms with Crippen molar-refractivity contribution in [1.29, 1.82) is 0 Å². The van der Waals surface area contributed by atoms with Gasteiger partial charge in [-0.1, -0.05) is 36.4 Å². The molecule has 2 aliphatic rings. The lowest BCUT2D eigenvalue weighted by molar-refractivity contribution is 0.0874. The molecule has 1 amide bonds. The molecule has 0 N–H and O–H groups in total. The first-order chi connectivity index (χ1) is 11.7. The van der Waals surface area contributed by atoms with Crippen LogP contribution < -0.4 is 4.90 Å². The monoisotopic (exact) mass is 321 g/mol. The van der Waals surface area contributed by atoms with Crippen molar-refractivity contribution in [2.75, 3.05) is 11.5 Å². The number of rotatable bonds is 1. The molecule has 0 aromatic heterocycles. The van der Waals surface area contributed by atoms with Gasteiger partial charge >= 0.3 is 6.09 Å². The maximum absolute atomic E-state index is 13.0. The maximum Gasteiger partial charge on any atom is 0.414 e. The summed E-state index contributed by atoms with van der Waals surface area (Å²) in [6, 6.07) is 15.3. The Balaban J connectivity index is 1.83. The molecule has 122 valence electrons. The fourth-order valence-corrected chi connectivity index (χ4v) is 3.93. The quantitative estimate of drug-likeness (QED) is 0.806. The highest BCUT2D eigenvalue weighted by molar-refractivity contribution is 6.09. The van der Waals surface area contributed by atoms with Crippen LogP contribution in [-0.2, 0) is 17.6 Å². The Bertz CT molecular complexity index is 814. The number of ether oxygens (including phenoxy) is 1. The van der Waals surface area contributed by atoms with Gasteiger partial charge in [0.25, 0.3) is 0 Å². The van der Waals surface area contributed by atoms with Gasteiger partial charge in [-0.05, 0) is 43.0 Å². The second-order valence-corrected chi connectivity index (χ2v) is 6.30. The molecule has 4 rings (SSSR count). The van der Waals surface area contributed by atoms with Gasteiger partial charge in [0.15, 0.2) is 5.78 Å². The summed E-state index contributed by atoms with van der Waals surface area (Å²) in [5.74, 6) is -0.0788. The average molecular weight is 321 g/mol. The summed E-state index contributed by atoms with van der Waals surface area (Å²) in [5.41, 5.74) is 3.70. The van der Waals surface area contributed by atoms with Gasteiger partial charge in [-0.25, -0.2) is 4.79 Å². The van der Waals surface area contributed by atoms with Gasteiger partial charge in [0.2, 0.25) is 0 Å². The molecule has 2 atom stereocenters. The highest BCUT2D eigenvalue weighted by Crippen LogP contribution is 2.40. The van der Waals surface area contributed by atoms with Crippen LogP contribution in [0, 0.1) is 5.92 Å². The van der Waals surface area contributed by atoms with Crippen molar-refractivity contribution < 1.29 is 14.3 Å². The Morgan fingerprint density at radius 2 is 1.75 bits per heavy atom. The van der Waals surface area contributed by atoms with Crippen LogP contribution in [0.25, 0.3) is 0 Å². The highest BCUT2D eigenvalue weighted by atomic mass is 16.6. The van der Waals surface area contributed by atoms with E-state index in [1.165, 1.54) is 11.1 Å². The lowest BCUT2D eigenvalue weighted by atomic mass is 9.73. The number of fused-ring (bicyclic) bond motifs is 3.